The Kier molecular flexibility index (Phi) is 5.83. The largest absolute Gasteiger partial charge is 0.322 e. The molecule has 0 spiro atoms. The maximum Gasteiger partial charge on any atom is 0.255 e. The molecule has 1 unspecified atom stereocenters. The summed E-state index contributed by atoms with van der Waals surface area (Å²) in [6.45, 7) is 2.42. The zero-order valence-electron chi connectivity index (χ0n) is 14.8. The zero-order chi connectivity index (χ0) is 19.6. The molecule has 1 aliphatic rings. The second kappa shape index (κ2) is 7.96. The number of amides is 1. The van der Waals surface area contributed by atoms with E-state index >= 15 is 0 Å². The van der Waals surface area contributed by atoms with Crippen LogP contribution in [0.1, 0.15) is 36.5 Å². The minimum atomic E-state index is -3.58. The maximum absolute atomic E-state index is 13.2. The highest BCUT2D eigenvalue weighted by Gasteiger charge is 2.30. The number of halogens is 2. The van der Waals surface area contributed by atoms with Gasteiger partial charge in [-0.2, -0.15) is 4.31 Å². The summed E-state index contributed by atoms with van der Waals surface area (Å²) in [6.07, 6.45) is 2.73. The van der Waals surface area contributed by atoms with Crippen LogP contribution in [0.15, 0.2) is 47.4 Å². The number of rotatable bonds is 4. The Bertz CT molecular complexity index is 948. The predicted molar refractivity (Wildman–Crippen MR) is 103 cm³/mol. The van der Waals surface area contributed by atoms with E-state index in [4.69, 9.17) is 11.6 Å². The van der Waals surface area contributed by atoms with Crippen molar-refractivity contribution in [3.05, 3.63) is 58.9 Å². The van der Waals surface area contributed by atoms with E-state index < -0.39 is 21.7 Å². The summed E-state index contributed by atoms with van der Waals surface area (Å²) in [5.74, 6) is -1.01. The first-order chi connectivity index (χ1) is 12.8. The molecule has 27 heavy (non-hydrogen) atoms. The van der Waals surface area contributed by atoms with E-state index in [0.717, 1.165) is 25.3 Å². The van der Waals surface area contributed by atoms with Gasteiger partial charge in [0.05, 0.1) is 9.92 Å². The second-order valence-corrected chi connectivity index (χ2v) is 8.87. The smallest absolute Gasteiger partial charge is 0.255 e. The van der Waals surface area contributed by atoms with E-state index in [2.05, 4.69) is 5.32 Å². The monoisotopic (exact) mass is 410 g/mol. The molecule has 1 N–H and O–H groups in total. The van der Waals surface area contributed by atoms with Crippen molar-refractivity contribution in [2.24, 2.45) is 0 Å². The highest BCUT2D eigenvalue weighted by atomic mass is 35.5. The maximum atomic E-state index is 13.2. The van der Waals surface area contributed by atoms with Gasteiger partial charge >= 0.3 is 0 Å². The minimum absolute atomic E-state index is 0.0325. The Morgan fingerprint density at radius 1 is 1.19 bits per heavy atom. The summed E-state index contributed by atoms with van der Waals surface area (Å²) in [5.41, 5.74) is 0.645. The molecule has 2 aromatic rings. The summed E-state index contributed by atoms with van der Waals surface area (Å²) < 4.78 is 40.3. The van der Waals surface area contributed by atoms with Crippen molar-refractivity contribution in [3.63, 3.8) is 0 Å². The van der Waals surface area contributed by atoms with Crippen molar-refractivity contribution < 1.29 is 17.6 Å². The van der Waals surface area contributed by atoms with Gasteiger partial charge in [-0.1, -0.05) is 18.0 Å². The lowest BCUT2D eigenvalue weighted by Crippen LogP contribution is -2.41. The number of carbonyl (C=O) groups is 1. The number of hydrogen-bond acceptors (Lipinski definition) is 3. The lowest BCUT2D eigenvalue weighted by atomic mass is 10.1. The Labute approximate surface area is 163 Å². The molecule has 2 aromatic carbocycles. The molecule has 144 valence electrons. The molecule has 0 aliphatic carbocycles. The van der Waals surface area contributed by atoms with Crippen molar-refractivity contribution in [2.45, 2.75) is 37.1 Å². The third-order valence-electron chi connectivity index (χ3n) is 4.64. The van der Waals surface area contributed by atoms with E-state index in [1.165, 1.54) is 40.7 Å². The first kappa shape index (κ1) is 19.8. The number of anilines is 1. The molecular formula is C19H20ClFN2O3S. The van der Waals surface area contributed by atoms with E-state index in [9.17, 15) is 17.6 Å². The fourth-order valence-electron chi connectivity index (χ4n) is 3.12. The van der Waals surface area contributed by atoms with Crippen LogP contribution in [0.25, 0.3) is 0 Å². The number of piperidine rings is 1. The number of carbonyl (C=O) groups excluding carboxylic acids is 1. The Hall–Kier alpha value is -1.96. The van der Waals surface area contributed by atoms with Crippen LogP contribution >= 0.6 is 11.6 Å². The number of benzene rings is 2. The van der Waals surface area contributed by atoms with Crippen LogP contribution in [0.2, 0.25) is 5.02 Å². The van der Waals surface area contributed by atoms with Crippen LogP contribution in [0.5, 0.6) is 0 Å². The SMILES string of the molecule is CC1CCCCN1S(=O)(=O)c1ccc(C(=O)Nc2ccc(F)c(Cl)c2)cc1. The standard InChI is InChI=1S/C19H20ClFN2O3S/c1-13-4-2-3-11-23(13)27(25,26)16-8-5-14(6-9-16)19(24)22-15-7-10-18(21)17(20)12-15/h5-10,12-13H,2-4,11H2,1H3,(H,22,24). The predicted octanol–water partition coefficient (Wildman–Crippen LogP) is 4.29. The van der Waals surface area contributed by atoms with E-state index in [-0.39, 0.29) is 16.0 Å². The number of nitrogens with zero attached hydrogens (tertiary/aromatic N) is 1. The van der Waals surface area contributed by atoms with Gasteiger partial charge in [0.1, 0.15) is 5.82 Å². The summed E-state index contributed by atoms with van der Waals surface area (Å²) in [4.78, 5) is 12.5. The lowest BCUT2D eigenvalue weighted by molar-refractivity contribution is 0.102. The van der Waals surface area contributed by atoms with Crippen molar-refractivity contribution in [2.75, 3.05) is 11.9 Å². The average molecular weight is 411 g/mol. The van der Waals surface area contributed by atoms with Gasteiger partial charge in [0.25, 0.3) is 5.91 Å². The summed E-state index contributed by atoms with van der Waals surface area (Å²) >= 11 is 5.70. The quantitative estimate of drug-likeness (QED) is 0.817. The van der Waals surface area contributed by atoms with Gasteiger partial charge in [-0.15, -0.1) is 0 Å². The van der Waals surface area contributed by atoms with Crippen LogP contribution in [-0.2, 0) is 10.0 Å². The Morgan fingerprint density at radius 3 is 2.52 bits per heavy atom. The molecule has 0 radical (unpaired) electrons. The molecule has 1 aliphatic heterocycles. The normalized spacial score (nSPS) is 18.3. The van der Waals surface area contributed by atoms with Gasteiger partial charge in [-0.3, -0.25) is 4.79 Å². The molecule has 1 fully saturated rings. The summed E-state index contributed by atoms with van der Waals surface area (Å²) in [5, 5.41) is 2.51. The number of hydrogen-bond donors (Lipinski definition) is 1. The van der Waals surface area contributed by atoms with E-state index in [0.29, 0.717) is 17.8 Å². The second-order valence-electron chi connectivity index (χ2n) is 6.57. The minimum Gasteiger partial charge on any atom is -0.322 e. The van der Waals surface area contributed by atoms with Crippen molar-refractivity contribution >= 4 is 33.2 Å². The molecule has 1 atom stereocenters. The molecule has 0 saturated carbocycles. The first-order valence-corrected chi connectivity index (χ1v) is 10.5. The molecule has 5 nitrogen and oxygen atoms in total. The van der Waals surface area contributed by atoms with Crippen LogP contribution in [0.3, 0.4) is 0 Å². The van der Waals surface area contributed by atoms with E-state index in [1.807, 2.05) is 6.92 Å². The van der Waals surface area contributed by atoms with Crippen LogP contribution in [-0.4, -0.2) is 31.2 Å². The van der Waals surface area contributed by atoms with Crippen LogP contribution in [0.4, 0.5) is 10.1 Å². The van der Waals surface area contributed by atoms with E-state index in [1.54, 1.807) is 0 Å². The average Bonchev–Trinajstić information content (AvgIpc) is 2.65. The Morgan fingerprint density at radius 2 is 1.89 bits per heavy atom. The van der Waals surface area contributed by atoms with Gasteiger partial charge in [0.2, 0.25) is 10.0 Å². The number of sulfonamides is 1. The molecule has 3 rings (SSSR count). The Balaban J connectivity index is 1.76. The topological polar surface area (TPSA) is 66.5 Å². The van der Waals surface area contributed by atoms with Crippen LogP contribution < -0.4 is 5.32 Å². The number of nitrogens with one attached hydrogen (secondary N) is 1. The summed E-state index contributed by atoms with van der Waals surface area (Å²) in [6, 6.07) is 9.63. The fraction of sp³-hybridized carbons (Fsp3) is 0.316. The third kappa shape index (κ3) is 4.31. The zero-order valence-corrected chi connectivity index (χ0v) is 16.4. The first-order valence-electron chi connectivity index (χ1n) is 8.67. The van der Waals surface area contributed by atoms with Crippen LogP contribution in [0, 0.1) is 5.82 Å². The van der Waals surface area contributed by atoms with Crippen molar-refractivity contribution in [3.8, 4) is 0 Å². The molecule has 8 heteroatoms. The van der Waals surface area contributed by atoms with Gasteiger partial charge in [-0.05, 0) is 62.2 Å². The molecule has 1 heterocycles. The molecule has 0 aromatic heterocycles. The van der Waals surface area contributed by atoms with Gasteiger partial charge in [0, 0.05) is 23.8 Å². The van der Waals surface area contributed by atoms with Gasteiger partial charge < -0.3 is 5.32 Å². The summed E-state index contributed by atoms with van der Waals surface area (Å²) in [7, 11) is -3.58. The van der Waals surface area contributed by atoms with Gasteiger partial charge in [0.15, 0.2) is 0 Å². The van der Waals surface area contributed by atoms with Crippen molar-refractivity contribution in [1.29, 1.82) is 0 Å². The lowest BCUT2D eigenvalue weighted by Gasteiger charge is -2.32. The molecule has 1 amide bonds. The van der Waals surface area contributed by atoms with Gasteiger partial charge in [-0.25, -0.2) is 12.8 Å². The van der Waals surface area contributed by atoms with Crippen molar-refractivity contribution in [1.82, 2.24) is 4.31 Å². The molecule has 0 bridgehead atoms. The highest BCUT2D eigenvalue weighted by Crippen LogP contribution is 2.25. The fourth-order valence-corrected chi connectivity index (χ4v) is 5.00. The molecular weight excluding hydrogens is 391 g/mol. The molecule has 1 saturated heterocycles. The highest BCUT2D eigenvalue weighted by molar-refractivity contribution is 7.89. The third-order valence-corrected chi connectivity index (χ3v) is 6.96.